The number of benzene rings is 1. The molecular weight excluding hydrogens is 231 g/mol. The van der Waals surface area contributed by atoms with Crippen molar-refractivity contribution in [2.45, 2.75) is 39.3 Å². The monoisotopic (exact) mass is 250 g/mol. The van der Waals surface area contributed by atoms with E-state index in [1.165, 1.54) is 6.07 Å². The number of anilines is 1. The van der Waals surface area contributed by atoms with Crippen molar-refractivity contribution in [3.8, 4) is 0 Å². The van der Waals surface area contributed by atoms with Crippen LogP contribution in [-0.2, 0) is 4.79 Å². The minimum absolute atomic E-state index is 0.0306. The van der Waals surface area contributed by atoms with Crippen LogP contribution in [-0.4, -0.2) is 24.5 Å². The third kappa shape index (κ3) is 2.38. The molecule has 0 radical (unpaired) electrons. The maximum atomic E-state index is 13.9. The first-order valence-corrected chi connectivity index (χ1v) is 6.33. The van der Waals surface area contributed by atoms with Gasteiger partial charge in [-0.1, -0.05) is 26.0 Å². The highest BCUT2D eigenvalue weighted by atomic mass is 19.1. The van der Waals surface area contributed by atoms with Crippen molar-refractivity contribution in [1.82, 2.24) is 5.32 Å². The van der Waals surface area contributed by atoms with Crippen LogP contribution in [0.4, 0.5) is 10.1 Å². The number of amides is 1. The van der Waals surface area contributed by atoms with E-state index in [-0.39, 0.29) is 23.8 Å². The Morgan fingerprint density at radius 2 is 2.17 bits per heavy atom. The molecule has 1 saturated heterocycles. The molecule has 18 heavy (non-hydrogen) atoms. The molecule has 0 saturated carbocycles. The summed E-state index contributed by atoms with van der Waals surface area (Å²) in [5.41, 5.74) is 1.23. The van der Waals surface area contributed by atoms with Gasteiger partial charge in [0.05, 0.1) is 11.7 Å². The molecule has 1 aromatic rings. The van der Waals surface area contributed by atoms with Crippen LogP contribution in [0.5, 0.6) is 0 Å². The van der Waals surface area contributed by atoms with E-state index < -0.39 is 0 Å². The number of hydrogen-bond acceptors (Lipinski definition) is 2. The quantitative estimate of drug-likeness (QED) is 0.892. The van der Waals surface area contributed by atoms with E-state index in [0.29, 0.717) is 12.2 Å². The fraction of sp³-hybridized carbons (Fsp3) is 0.500. The van der Waals surface area contributed by atoms with Crippen molar-refractivity contribution in [2.75, 3.05) is 11.4 Å². The number of nitrogens with one attached hydrogen (secondary N) is 1. The van der Waals surface area contributed by atoms with Crippen LogP contribution in [0.2, 0.25) is 0 Å². The third-order valence-electron chi connectivity index (χ3n) is 3.20. The number of aryl methyl sites for hydroxylation is 1. The van der Waals surface area contributed by atoms with Gasteiger partial charge in [-0.3, -0.25) is 4.79 Å². The molecule has 2 rings (SSSR count). The predicted molar refractivity (Wildman–Crippen MR) is 70.2 cm³/mol. The molecule has 1 atom stereocenters. The van der Waals surface area contributed by atoms with E-state index in [1.807, 2.05) is 26.8 Å². The smallest absolute Gasteiger partial charge is 0.244 e. The summed E-state index contributed by atoms with van der Waals surface area (Å²) in [6.45, 7) is 6.41. The van der Waals surface area contributed by atoms with Gasteiger partial charge in [0.1, 0.15) is 5.82 Å². The Bertz CT molecular complexity index is 439. The van der Waals surface area contributed by atoms with Gasteiger partial charge >= 0.3 is 0 Å². The molecule has 1 amide bonds. The largest absolute Gasteiger partial charge is 0.308 e. The van der Waals surface area contributed by atoms with E-state index in [1.54, 1.807) is 11.0 Å². The van der Waals surface area contributed by atoms with Crippen LogP contribution >= 0.6 is 0 Å². The number of carbonyl (C=O) groups excluding carboxylic acids is 1. The van der Waals surface area contributed by atoms with E-state index in [4.69, 9.17) is 0 Å². The molecule has 1 fully saturated rings. The van der Waals surface area contributed by atoms with Crippen molar-refractivity contribution in [2.24, 2.45) is 0 Å². The van der Waals surface area contributed by atoms with Crippen LogP contribution in [0.3, 0.4) is 0 Å². The van der Waals surface area contributed by atoms with E-state index >= 15 is 0 Å². The highest BCUT2D eigenvalue weighted by Gasteiger charge is 2.34. The maximum Gasteiger partial charge on any atom is 0.244 e. The fourth-order valence-corrected chi connectivity index (χ4v) is 2.42. The van der Waals surface area contributed by atoms with Gasteiger partial charge in [0.15, 0.2) is 0 Å². The second-order valence-electron chi connectivity index (χ2n) is 5.06. The van der Waals surface area contributed by atoms with E-state index in [0.717, 1.165) is 12.0 Å². The molecule has 1 aliphatic heterocycles. The molecule has 1 N–H and O–H groups in total. The van der Waals surface area contributed by atoms with Crippen LogP contribution in [0.1, 0.15) is 25.8 Å². The van der Waals surface area contributed by atoms with Crippen molar-refractivity contribution in [3.63, 3.8) is 0 Å². The zero-order chi connectivity index (χ0) is 13.3. The molecule has 0 bridgehead atoms. The lowest BCUT2D eigenvalue weighted by Crippen LogP contribution is -2.41. The summed E-state index contributed by atoms with van der Waals surface area (Å²) in [5, 5.41) is 3.22. The van der Waals surface area contributed by atoms with Crippen molar-refractivity contribution >= 4 is 11.6 Å². The molecule has 0 aromatic heterocycles. The maximum absolute atomic E-state index is 13.9. The Morgan fingerprint density at radius 3 is 2.78 bits per heavy atom. The number of carbonyl (C=O) groups is 1. The standard InChI is InChI=1S/C14H19FN2O/c1-9(2)16-12-7-8-17(14(12)18)13-10(3)5-4-6-11(13)15/h4-6,9,12,16H,7-8H2,1-3H3. The molecule has 98 valence electrons. The molecule has 1 aliphatic rings. The second-order valence-corrected chi connectivity index (χ2v) is 5.06. The van der Waals surface area contributed by atoms with E-state index in [9.17, 15) is 9.18 Å². The Balaban J connectivity index is 2.23. The number of para-hydroxylation sites is 1. The summed E-state index contributed by atoms with van der Waals surface area (Å²) in [5.74, 6) is -0.356. The van der Waals surface area contributed by atoms with Crippen molar-refractivity contribution < 1.29 is 9.18 Å². The minimum Gasteiger partial charge on any atom is -0.308 e. The normalized spacial score (nSPS) is 19.9. The number of halogens is 1. The molecule has 1 unspecified atom stereocenters. The lowest BCUT2D eigenvalue weighted by molar-refractivity contribution is -0.119. The predicted octanol–water partition coefficient (Wildman–Crippen LogP) is 2.24. The first kappa shape index (κ1) is 13.0. The van der Waals surface area contributed by atoms with Gasteiger partial charge in [0.2, 0.25) is 5.91 Å². The van der Waals surface area contributed by atoms with Crippen LogP contribution in [0, 0.1) is 12.7 Å². The number of rotatable bonds is 3. The Kier molecular flexibility index (Phi) is 3.66. The zero-order valence-corrected chi connectivity index (χ0v) is 11.0. The molecule has 1 heterocycles. The molecular formula is C14H19FN2O. The lowest BCUT2D eigenvalue weighted by atomic mass is 10.1. The average molecular weight is 250 g/mol. The SMILES string of the molecule is Cc1cccc(F)c1N1CCC(NC(C)C)C1=O. The molecule has 1 aromatic carbocycles. The van der Waals surface area contributed by atoms with Gasteiger partial charge in [-0.2, -0.15) is 0 Å². The first-order chi connectivity index (χ1) is 8.50. The van der Waals surface area contributed by atoms with Crippen LogP contribution < -0.4 is 10.2 Å². The lowest BCUT2D eigenvalue weighted by Gasteiger charge is -2.20. The Morgan fingerprint density at radius 1 is 1.44 bits per heavy atom. The molecule has 3 nitrogen and oxygen atoms in total. The summed E-state index contributed by atoms with van der Waals surface area (Å²) in [4.78, 5) is 13.8. The topological polar surface area (TPSA) is 32.3 Å². The summed E-state index contributed by atoms with van der Waals surface area (Å²) in [7, 11) is 0. The highest BCUT2D eigenvalue weighted by molar-refractivity contribution is 6.00. The third-order valence-corrected chi connectivity index (χ3v) is 3.20. The summed E-state index contributed by atoms with van der Waals surface area (Å²) in [6, 6.07) is 4.95. The molecule has 0 aliphatic carbocycles. The molecule has 4 heteroatoms. The van der Waals surface area contributed by atoms with Gasteiger partial charge in [-0.25, -0.2) is 4.39 Å². The van der Waals surface area contributed by atoms with E-state index in [2.05, 4.69) is 5.32 Å². The Labute approximate surface area is 107 Å². The summed E-state index contributed by atoms with van der Waals surface area (Å²) >= 11 is 0. The second kappa shape index (κ2) is 5.06. The minimum atomic E-state index is -0.325. The fourth-order valence-electron chi connectivity index (χ4n) is 2.42. The van der Waals surface area contributed by atoms with Gasteiger partial charge in [-0.15, -0.1) is 0 Å². The Hall–Kier alpha value is -1.42. The first-order valence-electron chi connectivity index (χ1n) is 6.33. The summed E-state index contributed by atoms with van der Waals surface area (Å²) < 4.78 is 13.9. The zero-order valence-electron chi connectivity index (χ0n) is 11.0. The van der Waals surface area contributed by atoms with Crippen molar-refractivity contribution in [1.29, 1.82) is 0 Å². The summed E-state index contributed by atoms with van der Waals surface area (Å²) in [6.07, 6.45) is 0.727. The number of nitrogens with zero attached hydrogens (tertiary/aromatic N) is 1. The highest BCUT2D eigenvalue weighted by Crippen LogP contribution is 2.28. The molecule has 0 spiro atoms. The van der Waals surface area contributed by atoms with Gasteiger partial charge < -0.3 is 10.2 Å². The van der Waals surface area contributed by atoms with Gasteiger partial charge in [-0.05, 0) is 25.0 Å². The van der Waals surface area contributed by atoms with Crippen LogP contribution in [0.15, 0.2) is 18.2 Å². The van der Waals surface area contributed by atoms with Crippen LogP contribution in [0.25, 0.3) is 0 Å². The average Bonchev–Trinajstić information content (AvgIpc) is 2.61. The van der Waals surface area contributed by atoms with Gasteiger partial charge in [0, 0.05) is 12.6 Å². The number of hydrogen-bond donors (Lipinski definition) is 1. The van der Waals surface area contributed by atoms with Gasteiger partial charge in [0.25, 0.3) is 0 Å². The van der Waals surface area contributed by atoms with Crippen molar-refractivity contribution in [3.05, 3.63) is 29.6 Å².